The molecule has 98 valence electrons. The first kappa shape index (κ1) is 14.4. The van der Waals surface area contributed by atoms with Crippen LogP contribution in [0.25, 0.3) is 0 Å². The molecule has 0 saturated heterocycles. The fourth-order valence-electron chi connectivity index (χ4n) is 1.37. The zero-order chi connectivity index (χ0) is 14.0. The van der Waals surface area contributed by atoms with E-state index in [4.69, 9.17) is 46.4 Å². The largest absolute Gasteiger partial charge is 0.321 e. The summed E-state index contributed by atoms with van der Waals surface area (Å²) in [5.74, 6) is -0.432. The van der Waals surface area contributed by atoms with Crippen molar-refractivity contribution in [2.45, 2.75) is 0 Å². The van der Waals surface area contributed by atoms with Gasteiger partial charge in [0.25, 0.3) is 5.91 Å². The number of hydrogen-bond acceptors (Lipinski definition) is 2. The number of nitrogens with one attached hydrogen (secondary N) is 1. The van der Waals surface area contributed by atoms with Crippen LogP contribution in [0.2, 0.25) is 20.2 Å². The van der Waals surface area contributed by atoms with E-state index in [1.165, 1.54) is 18.3 Å². The first-order valence-electron chi connectivity index (χ1n) is 5.05. The molecular weight excluding hydrogens is 330 g/mol. The van der Waals surface area contributed by atoms with Crippen molar-refractivity contribution in [3.63, 3.8) is 0 Å². The number of halogens is 4. The first-order chi connectivity index (χ1) is 8.97. The second kappa shape index (κ2) is 5.97. The molecule has 3 nitrogen and oxygen atoms in total. The molecule has 0 radical (unpaired) electrons. The van der Waals surface area contributed by atoms with E-state index in [-0.39, 0.29) is 15.7 Å². The Balaban J connectivity index is 2.28. The molecular formula is C12H6Cl4N2O. The number of carbonyl (C=O) groups is 1. The molecule has 1 amide bonds. The van der Waals surface area contributed by atoms with Crippen LogP contribution >= 0.6 is 46.4 Å². The van der Waals surface area contributed by atoms with E-state index in [9.17, 15) is 4.79 Å². The number of nitrogens with zero attached hydrogens (tertiary/aromatic N) is 1. The molecule has 0 aliphatic carbocycles. The van der Waals surface area contributed by atoms with Crippen molar-refractivity contribution in [3.05, 3.63) is 56.2 Å². The molecule has 0 unspecified atom stereocenters. The Hall–Kier alpha value is -1.00. The average molecular weight is 336 g/mol. The average Bonchev–Trinajstić information content (AvgIpc) is 2.35. The maximum absolute atomic E-state index is 12.1. The molecule has 0 bridgehead atoms. The molecule has 0 spiro atoms. The van der Waals surface area contributed by atoms with Crippen LogP contribution in [0.5, 0.6) is 0 Å². The SMILES string of the molecule is O=C(Nc1ccc(Cl)cc1Cl)c1cc(Cl)ncc1Cl. The second-order valence-corrected chi connectivity index (χ2v) is 5.20. The minimum atomic E-state index is -0.432. The molecule has 7 heteroatoms. The van der Waals surface area contributed by atoms with Crippen LogP contribution in [-0.2, 0) is 0 Å². The Labute approximate surface area is 129 Å². The van der Waals surface area contributed by atoms with Crippen LogP contribution in [0, 0.1) is 0 Å². The van der Waals surface area contributed by atoms with Crippen molar-refractivity contribution >= 4 is 58.0 Å². The van der Waals surface area contributed by atoms with Crippen molar-refractivity contribution < 1.29 is 4.79 Å². The van der Waals surface area contributed by atoms with Crippen molar-refractivity contribution in [3.8, 4) is 0 Å². The molecule has 1 heterocycles. The lowest BCUT2D eigenvalue weighted by Crippen LogP contribution is -2.13. The zero-order valence-corrected chi connectivity index (χ0v) is 12.3. The van der Waals surface area contributed by atoms with E-state index in [0.717, 1.165) is 0 Å². The molecule has 2 aromatic rings. The molecule has 0 aliphatic heterocycles. The number of anilines is 1. The lowest BCUT2D eigenvalue weighted by atomic mass is 10.2. The number of pyridine rings is 1. The van der Waals surface area contributed by atoms with Crippen LogP contribution in [0.3, 0.4) is 0 Å². The summed E-state index contributed by atoms with van der Waals surface area (Å²) < 4.78 is 0. The molecule has 1 N–H and O–H groups in total. The van der Waals surface area contributed by atoms with Crippen LogP contribution < -0.4 is 5.32 Å². The fourth-order valence-corrected chi connectivity index (χ4v) is 2.17. The van der Waals surface area contributed by atoms with E-state index in [1.54, 1.807) is 12.1 Å². The maximum Gasteiger partial charge on any atom is 0.257 e. The molecule has 1 aromatic heterocycles. The summed E-state index contributed by atoms with van der Waals surface area (Å²) in [6.07, 6.45) is 1.31. The Morgan fingerprint density at radius 3 is 2.47 bits per heavy atom. The number of carbonyl (C=O) groups excluding carboxylic acids is 1. The van der Waals surface area contributed by atoms with E-state index in [0.29, 0.717) is 15.7 Å². The third kappa shape index (κ3) is 3.51. The third-order valence-corrected chi connectivity index (χ3v) is 3.30. The summed E-state index contributed by atoms with van der Waals surface area (Å²) in [4.78, 5) is 15.8. The highest BCUT2D eigenvalue weighted by Crippen LogP contribution is 2.27. The summed E-state index contributed by atoms with van der Waals surface area (Å²) in [7, 11) is 0. The second-order valence-electron chi connectivity index (χ2n) is 3.57. The van der Waals surface area contributed by atoms with Gasteiger partial charge >= 0.3 is 0 Å². The summed E-state index contributed by atoms with van der Waals surface area (Å²) in [5.41, 5.74) is 0.646. The van der Waals surface area contributed by atoms with Crippen LogP contribution in [0.1, 0.15) is 10.4 Å². The van der Waals surface area contributed by atoms with Gasteiger partial charge in [-0.2, -0.15) is 0 Å². The Morgan fingerprint density at radius 1 is 1.05 bits per heavy atom. The van der Waals surface area contributed by atoms with Crippen molar-refractivity contribution in [2.75, 3.05) is 5.32 Å². The molecule has 0 fully saturated rings. The van der Waals surface area contributed by atoms with E-state index >= 15 is 0 Å². The maximum atomic E-state index is 12.1. The molecule has 19 heavy (non-hydrogen) atoms. The van der Waals surface area contributed by atoms with Gasteiger partial charge in [0.2, 0.25) is 0 Å². The van der Waals surface area contributed by atoms with Crippen molar-refractivity contribution in [1.82, 2.24) is 4.98 Å². The van der Waals surface area contributed by atoms with Gasteiger partial charge in [-0.15, -0.1) is 0 Å². The summed E-state index contributed by atoms with van der Waals surface area (Å²) in [5, 5.41) is 3.81. The number of aromatic nitrogens is 1. The fraction of sp³-hybridized carbons (Fsp3) is 0. The van der Waals surface area contributed by atoms with Gasteiger partial charge in [0.05, 0.1) is 21.3 Å². The summed E-state index contributed by atoms with van der Waals surface area (Å²) >= 11 is 23.3. The number of benzene rings is 1. The topological polar surface area (TPSA) is 42.0 Å². The van der Waals surface area contributed by atoms with Gasteiger partial charge in [-0.1, -0.05) is 46.4 Å². The quantitative estimate of drug-likeness (QED) is 0.789. The minimum absolute atomic E-state index is 0.178. The van der Waals surface area contributed by atoms with Gasteiger partial charge in [0.15, 0.2) is 0 Å². The highest BCUT2D eigenvalue weighted by molar-refractivity contribution is 6.38. The predicted molar refractivity (Wildman–Crippen MR) is 78.7 cm³/mol. The van der Waals surface area contributed by atoms with Crippen LogP contribution in [0.4, 0.5) is 5.69 Å². The number of rotatable bonds is 2. The lowest BCUT2D eigenvalue weighted by Gasteiger charge is -2.08. The van der Waals surface area contributed by atoms with Gasteiger partial charge in [-0.3, -0.25) is 4.79 Å². The lowest BCUT2D eigenvalue weighted by molar-refractivity contribution is 0.102. The highest BCUT2D eigenvalue weighted by Gasteiger charge is 2.13. The van der Waals surface area contributed by atoms with Gasteiger partial charge in [-0.05, 0) is 24.3 Å². The molecule has 0 atom stereocenters. The minimum Gasteiger partial charge on any atom is -0.321 e. The molecule has 2 rings (SSSR count). The summed E-state index contributed by atoms with van der Waals surface area (Å²) in [6.45, 7) is 0. The van der Waals surface area contributed by atoms with Crippen LogP contribution in [-0.4, -0.2) is 10.9 Å². The zero-order valence-electron chi connectivity index (χ0n) is 9.25. The number of amides is 1. The monoisotopic (exact) mass is 334 g/mol. The van der Waals surface area contributed by atoms with Crippen LogP contribution in [0.15, 0.2) is 30.5 Å². The summed E-state index contributed by atoms with van der Waals surface area (Å²) in [6, 6.07) is 6.12. The Kier molecular flexibility index (Phi) is 4.53. The van der Waals surface area contributed by atoms with Crippen molar-refractivity contribution in [2.24, 2.45) is 0 Å². The smallest absolute Gasteiger partial charge is 0.257 e. The number of hydrogen-bond donors (Lipinski definition) is 1. The molecule has 1 aromatic carbocycles. The predicted octanol–water partition coefficient (Wildman–Crippen LogP) is 4.95. The Morgan fingerprint density at radius 2 is 1.79 bits per heavy atom. The van der Waals surface area contributed by atoms with E-state index in [2.05, 4.69) is 10.3 Å². The van der Waals surface area contributed by atoms with Gasteiger partial charge in [-0.25, -0.2) is 4.98 Å². The highest BCUT2D eigenvalue weighted by atomic mass is 35.5. The van der Waals surface area contributed by atoms with Gasteiger partial charge in [0.1, 0.15) is 5.15 Å². The van der Waals surface area contributed by atoms with Gasteiger partial charge in [0, 0.05) is 11.2 Å². The van der Waals surface area contributed by atoms with Crippen molar-refractivity contribution in [1.29, 1.82) is 0 Å². The Bertz CT molecular complexity index is 646. The standard InChI is InChI=1S/C12H6Cl4N2O/c13-6-1-2-10(8(14)3-6)18-12(19)7-4-11(16)17-5-9(7)15/h1-5H,(H,18,19). The van der Waals surface area contributed by atoms with E-state index < -0.39 is 5.91 Å². The third-order valence-electron chi connectivity index (χ3n) is 2.25. The van der Waals surface area contributed by atoms with E-state index in [1.807, 2.05) is 0 Å². The molecule has 0 aliphatic rings. The normalized spacial score (nSPS) is 10.3. The first-order valence-corrected chi connectivity index (χ1v) is 6.56. The molecule has 0 saturated carbocycles. The van der Waals surface area contributed by atoms with Gasteiger partial charge < -0.3 is 5.32 Å².